The summed E-state index contributed by atoms with van der Waals surface area (Å²) < 4.78 is 16.2. The van der Waals surface area contributed by atoms with Crippen LogP contribution in [0.4, 0.5) is 0 Å². The Morgan fingerprint density at radius 3 is 2.45 bits per heavy atom. The number of hydrogen-bond acceptors (Lipinski definition) is 6. The van der Waals surface area contributed by atoms with Crippen LogP contribution in [-0.2, 0) is 16.1 Å². The van der Waals surface area contributed by atoms with Crippen molar-refractivity contribution >= 4 is 17.4 Å². The van der Waals surface area contributed by atoms with Crippen molar-refractivity contribution in [2.75, 3.05) is 14.2 Å². The van der Waals surface area contributed by atoms with Gasteiger partial charge in [0.15, 0.2) is 11.5 Å². The number of likely N-dealkylation sites (tertiary alicyclic amines) is 1. The molecule has 2 aromatic carbocycles. The summed E-state index contributed by atoms with van der Waals surface area (Å²) in [5.41, 5.74) is 3.26. The Hall–Kier alpha value is -4.00. The number of benzene rings is 2. The number of carbonyl (C=O) groups is 2. The number of rotatable bonds is 6. The lowest BCUT2D eigenvalue weighted by Gasteiger charge is -2.24. The molecule has 1 aliphatic heterocycles. The SMILES string of the molecule is COc1ccc(/C(O)=C2/C(=O)C(=O)N(Cc3cc(C)ccc3C)C2c2ccco2)cc1OC. The van der Waals surface area contributed by atoms with Gasteiger partial charge in [0.1, 0.15) is 17.6 Å². The predicted molar refractivity (Wildman–Crippen MR) is 122 cm³/mol. The number of aliphatic hydroxyl groups excluding tert-OH is 1. The summed E-state index contributed by atoms with van der Waals surface area (Å²) in [5, 5.41) is 11.2. The van der Waals surface area contributed by atoms with E-state index in [0.717, 1.165) is 16.7 Å². The highest BCUT2D eigenvalue weighted by atomic mass is 16.5. The monoisotopic (exact) mass is 447 g/mol. The van der Waals surface area contributed by atoms with Crippen LogP contribution in [0.2, 0.25) is 0 Å². The second-order valence-corrected chi connectivity index (χ2v) is 7.94. The molecule has 0 radical (unpaired) electrons. The van der Waals surface area contributed by atoms with Crippen LogP contribution in [0.15, 0.2) is 64.8 Å². The van der Waals surface area contributed by atoms with E-state index >= 15 is 0 Å². The van der Waals surface area contributed by atoms with Crippen LogP contribution in [0.1, 0.15) is 34.1 Å². The minimum atomic E-state index is -0.868. The van der Waals surface area contributed by atoms with E-state index in [4.69, 9.17) is 13.9 Å². The molecule has 0 saturated carbocycles. The third-order valence-corrected chi connectivity index (χ3v) is 5.85. The highest BCUT2D eigenvalue weighted by molar-refractivity contribution is 6.46. The molecular formula is C26H25NO6. The van der Waals surface area contributed by atoms with Gasteiger partial charge in [-0.3, -0.25) is 9.59 Å². The summed E-state index contributed by atoms with van der Waals surface area (Å²) in [6.45, 7) is 4.13. The first-order valence-electron chi connectivity index (χ1n) is 10.5. The Morgan fingerprint density at radius 2 is 1.79 bits per heavy atom. The van der Waals surface area contributed by atoms with Crippen LogP contribution >= 0.6 is 0 Å². The summed E-state index contributed by atoms with van der Waals surface area (Å²) >= 11 is 0. The van der Waals surface area contributed by atoms with Gasteiger partial charge in [-0.1, -0.05) is 23.8 Å². The molecule has 1 N–H and O–H groups in total. The number of Topliss-reactive ketones (excluding diaryl/α,β-unsaturated/α-hetero) is 1. The van der Waals surface area contributed by atoms with Crippen LogP contribution in [0.3, 0.4) is 0 Å². The highest BCUT2D eigenvalue weighted by Gasteiger charge is 2.47. The van der Waals surface area contributed by atoms with E-state index in [2.05, 4.69) is 0 Å². The molecule has 0 spiro atoms. The van der Waals surface area contributed by atoms with Crippen molar-refractivity contribution < 1.29 is 28.6 Å². The summed E-state index contributed by atoms with van der Waals surface area (Å²) in [4.78, 5) is 27.7. The standard InChI is InChI=1S/C26H25NO6/c1-15-7-8-16(2)18(12-15)14-27-23(20-6-5-11-33-20)22(25(29)26(27)30)24(28)17-9-10-19(31-3)21(13-17)32-4/h5-13,23,28H,14H2,1-4H3/b24-22-. The third-order valence-electron chi connectivity index (χ3n) is 5.85. The van der Waals surface area contributed by atoms with Crippen molar-refractivity contribution in [3.05, 3.63) is 88.4 Å². The zero-order valence-corrected chi connectivity index (χ0v) is 18.9. The molecule has 1 saturated heterocycles. The zero-order chi connectivity index (χ0) is 23.7. The van der Waals surface area contributed by atoms with Crippen LogP contribution < -0.4 is 9.47 Å². The van der Waals surface area contributed by atoms with Crippen LogP contribution in [0.25, 0.3) is 5.76 Å². The maximum Gasteiger partial charge on any atom is 0.296 e. The Morgan fingerprint density at radius 1 is 1.03 bits per heavy atom. The topological polar surface area (TPSA) is 89.2 Å². The lowest BCUT2D eigenvalue weighted by atomic mass is 9.98. The normalized spacial score (nSPS) is 17.5. The highest BCUT2D eigenvalue weighted by Crippen LogP contribution is 2.41. The number of furan rings is 1. The smallest absolute Gasteiger partial charge is 0.296 e. The Kier molecular flexibility index (Phi) is 5.96. The Balaban J connectivity index is 1.84. The molecule has 1 amide bonds. The van der Waals surface area contributed by atoms with E-state index in [1.807, 2.05) is 32.0 Å². The molecule has 0 aliphatic carbocycles. The molecule has 1 fully saturated rings. The van der Waals surface area contributed by atoms with Crippen molar-refractivity contribution in [3.63, 3.8) is 0 Å². The lowest BCUT2D eigenvalue weighted by molar-refractivity contribution is -0.140. The van der Waals surface area contributed by atoms with E-state index in [1.54, 1.807) is 30.3 Å². The third kappa shape index (κ3) is 3.98. The van der Waals surface area contributed by atoms with Crippen molar-refractivity contribution in [1.29, 1.82) is 0 Å². The van der Waals surface area contributed by atoms with Gasteiger partial charge in [0.25, 0.3) is 11.7 Å². The number of ketones is 1. The number of carbonyl (C=O) groups excluding carboxylic acids is 2. The van der Waals surface area contributed by atoms with E-state index in [-0.39, 0.29) is 17.9 Å². The molecule has 170 valence electrons. The average Bonchev–Trinajstić information content (AvgIpc) is 3.43. The fraction of sp³-hybridized carbons (Fsp3) is 0.231. The van der Waals surface area contributed by atoms with Crippen LogP contribution in [0, 0.1) is 13.8 Å². The van der Waals surface area contributed by atoms with Crippen molar-refractivity contribution in [1.82, 2.24) is 4.90 Å². The Bertz CT molecular complexity index is 1240. The van der Waals surface area contributed by atoms with Crippen molar-refractivity contribution in [3.8, 4) is 11.5 Å². The quantitative estimate of drug-likeness (QED) is 0.339. The van der Waals surface area contributed by atoms with E-state index in [1.165, 1.54) is 25.4 Å². The van der Waals surface area contributed by atoms with Gasteiger partial charge >= 0.3 is 0 Å². The molecule has 0 bridgehead atoms. The van der Waals surface area contributed by atoms with E-state index in [9.17, 15) is 14.7 Å². The van der Waals surface area contributed by atoms with Gasteiger partial charge < -0.3 is 23.9 Å². The second-order valence-electron chi connectivity index (χ2n) is 7.94. The molecule has 3 aromatic rings. The fourth-order valence-electron chi connectivity index (χ4n) is 4.08. The molecular weight excluding hydrogens is 422 g/mol. The van der Waals surface area contributed by atoms with Gasteiger partial charge in [0, 0.05) is 12.1 Å². The van der Waals surface area contributed by atoms with Gasteiger partial charge in [0.05, 0.1) is 26.1 Å². The summed E-state index contributed by atoms with van der Waals surface area (Å²) in [5.74, 6) is -0.512. The lowest BCUT2D eigenvalue weighted by Crippen LogP contribution is -2.29. The molecule has 1 aliphatic rings. The average molecular weight is 447 g/mol. The molecule has 1 unspecified atom stereocenters. The number of aryl methyl sites for hydroxylation is 2. The molecule has 1 aromatic heterocycles. The van der Waals surface area contributed by atoms with Crippen molar-refractivity contribution in [2.24, 2.45) is 0 Å². The zero-order valence-electron chi connectivity index (χ0n) is 18.9. The van der Waals surface area contributed by atoms with Gasteiger partial charge in [-0.15, -0.1) is 0 Å². The fourth-order valence-corrected chi connectivity index (χ4v) is 4.08. The Labute approximate surface area is 191 Å². The van der Waals surface area contributed by atoms with E-state index < -0.39 is 17.7 Å². The van der Waals surface area contributed by atoms with Gasteiger partial charge in [-0.2, -0.15) is 0 Å². The van der Waals surface area contributed by atoms with Gasteiger partial charge in [0.2, 0.25) is 0 Å². The number of methoxy groups -OCH3 is 2. The van der Waals surface area contributed by atoms with Gasteiger partial charge in [-0.05, 0) is 55.3 Å². The van der Waals surface area contributed by atoms with Crippen molar-refractivity contribution in [2.45, 2.75) is 26.4 Å². The minimum absolute atomic E-state index is 0.0347. The van der Waals surface area contributed by atoms with E-state index in [0.29, 0.717) is 22.8 Å². The largest absolute Gasteiger partial charge is 0.507 e. The molecule has 2 heterocycles. The maximum atomic E-state index is 13.1. The second kappa shape index (κ2) is 8.86. The summed E-state index contributed by atoms with van der Waals surface area (Å²) in [6.07, 6.45) is 1.48. The molecule has 33 heavy (non-hydrogen) atoms. The summed E-state index contributed by atoms with van der Waals surface area (Å²) in [6, 6.07) is 13.3. The number of aliphatic hydroxyl groups is 1. The first-order valence-corrected chi connectivity index (χ1v) is 10.5. The molecule has 7 heteroatoms. The number of hydrogen-bond donors (Lipinski definition) is 1. The molecule has 1 atom stereocenters. The first-order chi connectivity index (χ1) is 15.8. The molecule has 4 rings (SSSR count). The van der Waals surface area contributed by atoms with Gasteiger partial charge in [-0.25, -0.2) is 0 Å². The number of amides is 1. The van der Waals surface area contributed by atoms with Crippen LogP contribution in [0.5, 0.6) is 11.5 Å². The predicted octanol–water partition coefficient (Wildman–Crippen LogP) is 4.54. The minimum Gasteiger partial charge on any atom is -0.507 e. The maximum absolute atomic E-state index is 13.1. The number of nitrogens with zero attached hydrogens (tertiary/aromatic N) is 1. The summed E-state index contributed by atoms with van der Waals surface area (Å²) in [7, 11) is 2.99. The molecule has 7 nitrogen and oxygen atoms in total. The number of ether oxygens (including phenoxy) is 2. The first kappa shape index (κ1) is 22.2. The van der Waals surface area contributed by atoms with Crippen LogP contribution in [-0.4, -0.2) is 35.9 Å².